The average Bonchev–Trinajstić information content (AvgIpc) is 3.62. The minimum Gasteiger partial charge on any atom is -0.488 e. The van der Waals surface area contributed by atoms with Crippen LogP contribution in [0.2, 0.25) is 0 Å². The van der Waals surface area contributed by atoms with Crippen molar-refractivity contribution in [2.75, 3.05) is 13.7 Å². The lowest BCUT2D eigenvalue weighted by Crippen LogP contribution is -2.54. The summed E-state index contributed by atoms with van der Waals surface area (Å²) >= 11 is 0. The van der Waals surface area contributed by atoms with Crippen molar-refractivity contribution in [1.82, 2.24) is 35.5 Å². The molecule has 0 saturated heterocycles. The number of ether oxygens (including phenoxy) is 1. The average molecular weight is 528 g/mol. The molecule has 1 saturated carbocycles. The number of aliphatic imine (C=N–C) groups is 1. The topological polar surface area (TPSA) is 131 Å². The minimum atomic E-state index is -0.194. The van der Waals surface area contributed by atoms with E-state index < -0.39 is 0 Å². The Hall–Kier alpha value is -4.22. The van der Waals surface area contributed by atoms with Crippen LogP contribution in [0.25, 0.3) is 22.5 Å². The van der Waals surface area contributed by atoms with Crippen molar-refractivity contribution >= 4 is 17.2 Å². The number of amidine groups is 1. The van der Waals surface area contributed by atoms with E-state index in [1.54, 1.807) is 0 Å². The fraction of sp³-hybridized carbons (Fsp3) is 0.357. The van der Waals surface area contributed by atoms with Crippen LogP contribution < -0.4 is 9.38 Å². The quantitative estimate of drug-likeness (QED) is 0.302. The predicted molar refractivity (Wildman–Crippen MR) is 146 cm³/mol. The Bertz CT molecular complexity index is 1480. The van der Waals surface area contributed by atoms with E-state index in [0.717, 1.165) is 53.8 Å². The lowest BCUT2D eigenvalue weighted by Gasteiger charge is -2.35. The highest BCUT2D eigenvalue weighted by molar-refractivity contribution is 6.04. The second kappa shape index (κ2) is 10.5. The number of aromatic hydroxyl groups is 1. The van der Waals surface area contributed by atoms with Crippen molar-refractivity contribution in [3.05, 3.63) is 54.1 Å². The van der Waals surface area contributed by atoms with Gasteiger partial charge in [-0.2, -0.15) is 9.83 Å². The molecule has 200 valence electrons. The molecule has 2 N–H and O–H groups in total. The van der Waals surface area contributed by atoms with Gasteiger partial charge in [0.1, 0.15) is 13.2 Å². The van der Waals surface area contributed by atoms with E-state index in [1.807, 2.05) is 25.1 Å². The van der Waals surface area contributed by atoms with E-state index in [1.165, 1.54) is 13.5 Å². The van der Waals surface area contributed by atoms with Crippen molar-refractivity contribution in [3.63, 3.8) is 0 Å². The highest BCUT2D eigenvalue weighted by Gasteiger charge is 2.54. The Labute approximate surface area is 226 Å². The van der Waals surface area contributed by atoms with Crippen LogP contribution in [0, 0.1) is 5.92 Å². The van der Waals surface area contributed by atoms with Crippen LogP contribution in [0.4, 0.5) is 11.4 Å². The summed E-state index contributed by atoms with van der Waals surface area (Å²) in [6.45, 7) is 2.82. The normalized spacial score (nSPS) is 19.1. The van der Waals surface area contributed by atoms with Crippen LogP contribution in [0.1, 0.15) is 44.6 Å². The third-order valence-electron chi connectivity index (χ3n) is 7.54. The molecule has 4 aromatic rings. The first-order valence-corrected chi connectivity index (χ1v) is 13.3. The maximum Gasteiger partial charge on any atom is 0.299 e. The van der Waals surface area contributed by atoms with Gasteiger partial charge in [0.05, 0.1) is 13.0 Å². The second-order valence-corrected chi connectivity index (χ2v) is 9.84. The van der Waals surface area contributed by atoms with Gasteiger partial charge in [0.2, 0.25) is 11.5 Å². The zero-order chi connectivity index (χ0) is 26.8. The van der Waals surface area contributed by atoms with Gasteiger partial charge in [-0.1, -0.05) is 72.4 Å². The molecule has 0 radical (unpaired) electrons. The van der Waals surface area contributed by atoms with Crippen LogP contribution in [0.15, 0.2) is 53.5 Å². The molecule has 39 heavy (non-hydrogen) atoms. The molecular weight excluding hydrogens is 496 g/mol. The standard InChI is InChI=1S/C28H30N8O3/c1-3-39-36(24-23(28(38-2)33-32-27(24)37)29-26(36)20-9-5-4-6-10-20)17-18-13-15-19(16-14-18)21-11-7-8-12-22(21)25-30-34-35-31-25/h7-8,11-16,20H,3-6,9-10,17H2,1-2H3,(H-,30,31,32,34,35,37)/p+1. The van der Waals surface area contributed by atoms with E-state index in [9.17, 15) is 5.11 Å². The number of nitrogens with one attached hydrogen (secondary N) is 1. The molecule has 2 aliphatic rings. The first kappa shape index (κ1) is 25.1. The fourth-order valence-electron chi connectivity index (χ4n) is 5.84. The molecule has 1 atom stereocenters. The summed E-state index contributed by atoms with van der Waals surface area (Å²) in [5.74, 6) is 1.80. The van der Waals surface area contributed by atoms with Crippen molar-refractivity contribution in [2.45, 2.75) is 45.6 Å². The number of quaternary nitrogens is 1. The molecule has 1 aliphatic carbocycles. The number of benzene rings is 2. The Morgan fingerprint density at radius 3 is 2.44 bits per heavy atom. The summed E-state index contributed by atoms with van der Waals surface area (Å²) < 4.78 is 5.45. The van der Waals surface area contributed by atoms with Crippen LogP contribution in [-0.4, -0.2) is 55.5 Å². The number of hydroxylamine groups is 2. The molecular formula is C28H31N8O3+. The summed E-state index contributed by atoms with van der Waals surface area (Å²) in [4.78, 5) is 11.6. The number of tetrazole rings is 1. The number of H-pyrrole nitrogens is 1. The Morgan fingerprint density at radius 2 is 1.74 bits per heavy atom. The van der Waals surface area contributed by atoms with Gasteiger partial charge < -0.3 is 9.84 Å². The van der Waals surface area contributed by atoms with Gasteiger partial charge in [0, 0.05) is 11.1 Å². The molecule has 0 spiro atoms. The monoisotopic (exact) mass is 527 g/mol. The number of hydrogen-bond donors (Lipinski definition) is 2. The molecule has 11 heteroatoms. The Kier molecular flexibility index (Phi) is 6.76. The smallest absolute Gasteiger partial charge is 0.299 e. The number of fused-ring (bicyclic) bond motifs is 1. The molecule has 1 unspecified atom stereocenters. The molecule has 6 rings (SSSR count). The second-order valence-electron chi connectivity index (χ2n) is 9.84. The SMILES string of the molecule is CCO[N+]1(Cc2ccc(-c3ccccc3-c3nnn[nH]3)cc2)C(C2CCCCC2)=Nc2c(OC)nnc(O)c21. The number of nitrogens with zero attached hydrogens (tertiary/aromatic N) is 7. The van der Waals surface area contributed by atoms with Gasteiger partial charge in [-0.15, -0.1) is 15.3 Å². The summed E-state index contributed by atoms with van der Waals surface area (Å²) in [6, 6.07) is 16.3. The van der Waals surface area contributed by atoms with Crippen molar-refractivity contribution < 1.29 is 14.7 Å². The molecule has 2 aromatic carbocycles. The van der Waals surface area contributed by atoms with Crippen molar-refractivity contribution in [1.29, 1.82) is 0 Å². The van der Waals surface area contributed by atoms with E-state index in [2.05, 4.69) is 61.2 Å². The van der Waals surface area contributed by atoms with Crippen LogP contribution in [-0.2, 0) is 11.4 Å². The third kappa shape index (κ3) is 4.43. The zero-order valence-corrected chi connectivity index (χ0v) is 22.0. The summed E-state index contributed by atoms with van der Waals surface area (Å²) in [7, 11) is 1.54. The predicted octanol–water partition coefficient (Wildman–Crippen LogP) is 5.12. The molecule has 2 aromatic heterocycles. The van der Waals surface area contributed by atoms with Crippen LogP contribution in [0.3, 0.4) is 0 Å². The van der Waals surface area contributed by atoms with E-state index in [4.69, 9.17) is 14.6 Å². The van der Waals surface area contributed by atoms with Crippen LogP contribution in [0.5, 0.6) is 11.8 Å². The first-order valence-electron chi connectivity index (χ1n) is 13.3. The number of aromatic nitrogens is 6. The number of hydrogen-bond acceptors (Lipinski definition) is 9. The fourth-order valence-corrected chi connectivity index (χ4v) is 5.84. The maximum atomic E-state index is 11.0. The highest BCUT2D eigenvalue weighted by Crippen LogP contribution is 2.53. The summed E-state index contributed by atoms with van der Waals surface area (Å²) in [5, 5.41) is 33.4. The van der Waals surface area contributed by atoms with Gasteiger partial charge in [-0.25, -0.2) is 5.10 Å². The van der Waals surface area contributed by atoms with Gasteiger partial charge >= 0.3 is 0 Å². The molecule has 1 aliphatic heterocycles. The van der Waals surface area contributed by atoms with Crippen molar-refractivity contribution in [3.8, 4) is 34.3 Å². The molecule has 0 bridgehead atoms. The number of aromatic amines is 1. The highest BCUT2D eigenvalue weighted by atomic mass is 16.7. The molecule has 11 nitrogen and oxygen atoms in total. The van der Waals surface area contributed by atoms with E-state index in [-0.39, 0.29) is 22.3 Å². The largest absolute Gasteiger partial charge is 0.488 e. The summed E-state index contributed by atoms with van der Waals surface area (Å²) in [5.41, 5.74) is 4.97. The summed E-state index contributed by atoms with van der Waals surface area (Å²) in [6.07, 6.45) is 5.55. The lowest BCUT2D eigenvalue weighted by molar-refractivity contribution is -0.0944. The molecule has 0 amide bonds. The number of methoxy groups -OCH3 is 1. The van der Waals surface area contributed by atoms with Crippen molar-refractivity contribution in [2.24, 2.45) is 10.9 Å². The minimum absolute atomic E-state index is 0.0477. The van der Waals surface area contributed by atoms with E-state index >= 15 is 0 Å². The van der Waals surface area contributed by atoms with Gasteiger partial charge in [-0.05, 0) is 41.3 Å². The van der Waals surface area contributed by atoms with Gasteiger partial charge in [0.15, 0.2) is 5.82 Å². The number of rotatable bonds is 8. The van der Waals surface area contributed by atoms with Gasteiger partial charge in [-0.3, -0.25) is 0 Å². The Morgan fingerprint density at radius 1 is 0.974 bits per heavy atom. The molecule has 3 heterocycles. The van der Waals surface area contributed by atoms with E-state index in [0.29, 0.717) is 30.4 Å². The maximum absolute atomic E-state index is 11.0. The van der Waals surface area contributed by atoms with Gasteiger partial charge in [0.25, 0.3) is 17.4 Å². The third-order valence-corrected chi connectivity index (χ3v) is 7.54. The lowest BCUT2D eigenvalue weighted by atomic mass is 9.87. The Balaban J connectivity index is 1.41. The zero-order valence-electron chi connectivity index (χ0n) is 22.0. The van der Waals surface area contributed by atoms with Crippen LogP contribution >= 0.6 is 0 Å². The first-order chi connectivity index (χ1) is 19.1. The molecule has 1 fully saturated rings.